The van der Waals surface area contributed by atoms with E-state index in [1.54, 1.807) is 16.9 Å². The number of hydrogen-bond acceptors (Lipinski definition) is 9. The van der Waals surface area contributed by atoms with Gasteiger partial charge in [0, 0.05) is 62.1 Å². The highest BCUT2D eigenvalue weighted by molar-refractivity contribution is 8.00. The molecule has 0 atom stereocenters. The van der Waals surface area contributed by atoms with Crippen LogP contribution < -0.4 is 19.7 Å². The lowest BCUT2D eigenvalue weighted by molar-refractivity contribution is -0.219. The number of hydrogen-bond donors (Lipinski definition) is 2. The fourth-order valence-corrected chi connectivity index (χ4v) is 7.08. The number of nitrogens with one attached hydrogen (secondary N) is 2. The molecular formula is C40H50F3N7O3S. The molecule has 6 rings (SSSR count). The fraction of sp³-hybridized carbons (Fsp3) is 0.500. The van der Waals surface area contributed by atoms with Crippen LogP contribution in [0.2, 0.25) is 0 Å². The number of alkyl halides is 3. The second-order valence-electron chi connectivity index (χ2n) is 15.4. The number of halogens is 3. The van der Waals surface area contributed by atoms with Crippen molar-refractivity contribution < 1.29 is 27.4 Å². The zero-order chi connectivity index (χ0) is 38.3. The fourth-order valence-electron chi connectivity index (χ4n) is 6.47. The van der Waals surface area contributed by atoms with E-state index < -0.39 is 23.6 Å². The van der Waals surface area contributed by atoms with Crippen molar-refractivity contribution in [2.24, 2.45) is 10.8 Å². The summed E-state index contributed by atoms with van der Waals surface area (Å²) in [5.74, 6) is 1.55. The molecule has 3 aromatic heterocycles. The number of aromatic nitrogens is 4. The van der Waals surface area contributed by atoms with E-state index in [2.05, 4.69) is 26.1 Å². The van der Waals surface area contributed by atoms with Crippen LogP contribution >= 0.6 is 11.9 Å². The normalized spacial score (nSPS) is 16.5. The number of fused-ring (bicyclic) bond motifs is 6. The molecule has 1 saturated heterocycles. The molecule has 2 aliphatic rings. The van der Waals surface area contributed by atoms with Gasteiger partial charge in [-0.25, -0.2) is 14.6 Å². The van der Waals surface area contributed by atoms with Gasteiger partial charge in [0.1, 0.15) is 23.3 Å². The average Bonchev–Trinajstić information content (AvgIpc) is 3.63. The van der Waals surface area contributed by atoms with Crippen molar-refractivity contribution in [1.82, 2.24) is 25.1 Å². The Bertz CT molecular complexity index is 1880. The monoisotopic (exact) mass is 765 g/mol. The molecule has 0 aliphatic carbocycles. The van der Waals surface area contributed by atoms with Gasteiger partial charge in [-0.05, 0) is 89.6 Å². The Morgan fingerprint density at radius 2 is 1.74 bits per heavy atom. The van der Waals surface area contributed by atoms with Crippen LogP contribution in [0.5, 0.6) is 5.88 Å². The van der Waals surface area contributed by atoms with Gasteiger partial charge >= 0.3 is 6.18 Å². The molecule has 5 heterocycles. The minimum atomic E-state index is -4.41. The van der Waals surface area contributed by atoms with Crippen LogP contribution in [0.1, 0.15) is 71.8 Å². The highest BCUT2D eigenvalue weighted by Crippen LogP contribution is 2.38. The van der Waals surface area contributed by atoms with Crippen molar-refractivity contribution in [2.45, 2.75) is 89.9 Å². The smallest absolute Gasteiger partial charge is 0.397 e. The van der Waals surface area contributed by atoms with Gasteiger partial charge in [-0.3, -0.25) is 4.79 Å². The summed E-state index contributed by atoms with van der Waals surface area (Å²) in [6.07, 6.45) is 3.73. The summed E-state index contributed by atoms with van der Waals surface area (Å²) in [6.45, 7) is 8.29. The zero-order valence-corrected chi connectivity index (χ0v) is 32.2. The van der Waals surface area contributed by atoms with Crippen LogP contribution in [-0.2, 0) is 16.0 Å². The van der Waals surface area contributed by atoms with Crippen molar-refractivity contribution in [3.05, 3.63) is 72.4 Å². The highest BCUT2D eigenvalue weighted by Gasteiger charge is 2.48. The molecule has 0 unspecified atom stereocenters. The van der Waals surface area contributed by atoms with Gasteiger partial charge in [-0.15, -0.1) is 5.10 Å². The molecular weight excluding hydrogens is 716 g/mol. The molecule has 1 aromatic carbocycles. The number of benzene rings is 1. The number of pyridine rings is 2. The van der Waals surface area contributed by atoms with Gasteiger partial charge in [0.05, 0.1) is 22.2 Å². The number of carbonyl (C=O) groups is 1. The van der Waals surface area contributed by atoms with Crippen LogP contribution in [-0.4, -0.2) is 70.8 Å². The Labute approximate surface area is 319 Å². The second-order valence-corrected chi connectivity index (χ2v) is 16.2. The molecule has 0 radical (unpaired) electrons. The number of anilines is 2. The number of aryl methyl sites for hydroxylation is 1. The Hall–Kier alpha value is -4.30. The first kappa shape index (κ1) is 39.4. The molecule has 0 spiro atoms. The van der Waals surface area contributed by atoms with Crippen LogP contribution in [0.25, 0.3) is 16.9 Å². The lowest BCUT2D eigenvalue weighted by Crippen LogP contribution is -2.49. The third kappa shape index (κ3) is 9.86. The van der Waals surface area contributed by atoms with E-state index in [4.69, 9.17) is 19.4 Å². The maximum Gasteiger partial charge on any atom is 0.397 e. The van der Waals surface area contributed by atoms with Crippen LogP contribution in [0.3, 0.4) is 0 Å². The summed E-state index contributed by atoms with van der Waals surface area (Å²) in [6, 6.07) is 19.5. The Balaban J connectivity index is 1.25. The molecule has 4 aromatic rings. The minimum Gasteiger partial charge on any atom is -0.476 e. The van der Waals surface area contributed by atoms with Gasteiger partial charge in [-0.2, -0.15) is 13.2 Å². The van der Waals surface area contributed by atoms with Gasteiger partial charge in [0.15, 0.2) is 0 Å². The number of amides is 1. The SMILES string of the molecule is CC(C)(CN1CCCCCCc2ccccc2-c2nc(ccc2-n2ccc(OCC(C)(C)C(F)(F)F)n2)NSc2cccc1n2)C(=O)NC1CCOCC1. The predicted molar refractivity (Wildman–Crippen MR) is 206 cm³/mol. The summed E-state index contributed by atoms with van der Waals surface area (Å²) < 4.78 is 56.4. The van der Waals surface area contributed by atoms with Crippen LogP contribution in [0.4, 0.5) is 24.8 Å². The first-order valence-corrected chi connectivity index (χ1v) is 19.5. The summed E-state index contributed by atoms with van der Waals surface area (Å²) in [7, 11) is 0. The first-order chi connectivity index (χ1) is 25.8. The average molecular weight is 766 g/mol. The molecule has 1 fully saturated rings. The van der Waals surface area contributed by atoms with Crippen LogP contribution in [0, 0.1) is 10.8 Å². The molecule has 1 amide bonds. The standard InChI is InChI=1S/C40H50F3N7O3S/c1-38(2,37(51)44-29-20-24-52-25-21-29)26-49-22-10-6-5-7-12-28-13-8-9-14-30(28)36-31(17-18-32(45-36)48-54-35-16-11-15-33(49)46-35)50-23-19-34(47-50)53-27-39(3,4)40(41,42)43/h8-9,11,13-19,23,29H,5-7,10,12,20-22,24-27H2,1-4H3,(H,44,51)(H,45,48). The lowest BCUT2D eigenvalue weighted by atomic mass is 9.90. The molecule has 2 N–H and O–H groups in total. The van der Waals surface area contributed by atoms with E-state index in [0.29, 0.717) is 37.0 Å². The predicted octanol–water partition coefficient (Wildman–Crippen LogP) is 8.66. The zero-order valence-electron chi connectivity index (χ0n) is 31.4. The third-order valence-corrected chi connectivity index (χ3v) is 10.7. The second kappa shape index (κ2) is 17.0. The first-order valence-electron chi connectivity index (χ1n) is 18.7. The topological polar surface area (TPSA) is 106 Å². The number of carbonyl (C=O) groups excluding carboxylic acids is 1. The quantitative estimate of drug-likeness (QED) is 0.171. The Morgan fingerprint density at radius 1 is 0.963 bits per heavy atom. The number of ether oxygens (including phenoxy) is 2. The molecule has 14 heteroatoms. The van der Waals surface area contributed by atoms with Gasteiger partial charge in [-0.1, -0.05) is 43.2 Å². The summed E-state index contributed by atoms with van der Waals surface area (Å²) in [5.41, 5.74) is 0.766. The van der Waals surface area contributed by atoms with Crippen molar-refractivity contribution in [3.63, 3.8) is 0 Å². The van der Waals surface area contributed by atoms with Crippen molar-refractivity contribution in [1.29, 1.82) is 0 Å². The lowest BCUT2D eigenvalue weighted by Gasteiger charge is -2.34. The molecule has 0 saturated carbocycles. The number of nitrogens with zero attached hydrogens (tertiary/aromatic N) is 5. The Morgan fingerprint density at radius 3 is 2.54 bits per heavy atom. The maximum atomic E-state index is 13.5. The molecule has 54 heavy (non-hydrogen) atoms. The van der Waals surface area contributed by atoms with Crippen molar-refractivity contribution in [3.8, 4) is 22.8 Å². The molecule has 2 aliphatic heterocycles. The van der Waals surface area contributed by atoms with Gasteiger partial charge < -0.3 is 24.4 Å². The molecule has 290 valence electrons. The summed E-state index contributed by atoms with van der Waals surface area (Å²) in [4.78, 5) is 25.8. The van der Waals surface area contributed by atoms with Crippen molar-refractivity contribution >= 4 is 29.5 Å². The van der Waals surface area contributed by atoms with Crippen molar-refractivity contribution in [2.75, 3.05) is 42.5 Å². The van der Waals surface area contributed by atoms with E-state index in [-0.39, 0.29) is 17.8 Å². The van der Waals surface area contributed by atoms with E-state index in [9.17, 15) is 18.0 Å². The highest BCUT2D eigenvalue weighted by atomic mass is 32.2. The number of rotatable bonds is 8. The van der Waals surface area contributed by atoms with Gasteiger partial charge in [0.2, 0.25) is 11.8 Å². The van der Waals surface area contributed by atoms with Crippen LogP contribution in [0.15, 0.2) is 71.9 Å². The van der Waals surface area contributed by atoms with E-state index in [1.165, 1.54) is 11.9 Å². The minimum absolute atomic E-state index is 0.0400. The summed E-state index contributed by atoms with van der Waals surface area (Å²) >= 11 is 1.34. The van der Waals surface area contributed by atoms with E-state index >= 15 is 0 Å². The largest absolute Gasteiger partial charge is 0.476 e. The van der Waals surface area contributed by atoms with Gasteiger partial charge in [0.25, 0.3) is 0 Å². The molecule has 4 bridgehead atoms. The molecule has 10 nitrogen and oxygen atoms in total. The Kier molecular flexibility index (Phi) is 12.4. The summed E-state index contributed by atoms with van der Waals surface area (Å²) in [5, 5.41) is 8.51. The van der Waals surface area contributed by atoms with E-state index in [1.807, 2.05) is 62.4 Å². The third-order valence-electron chi connectivity index (χ3n) is 9.98. The van der Waals surface area contributed by atoms with E-state index in [0.717, 1.165) is 87.3 Å². The maximum absolute atomic E-state index is 13.5.